The number of hydrogen-bond acceptors (Lipinski definition) is 4. The number of hydrogen-bond donors (Lipinski definition) is 1. The van der Waals surface area contributed by atoms with Crippen LogP contribution in [-0.2, 0) is 0 Å². The summed E-state index contributed by atoms with van der Waals surface area (Å²) in [6, 6.07) is 4.22. The molecule has 1 aliphatic rings. The SMILES string of the molecule is COc1cc(C(=O)N2CCCCC2CN)ccc1OC(F)F. The first kappa shape index (κ1) is 16.5. The number of rotatable bonds is 5. The maximum atomic E-state index is 12.6. The molecule has 0 aromatic heterocycles. The van der Waals surface area contributed by atoms with Crippen molar-refractivity contribution in [2.24, 2.45) is 5.73 Å². The van der Waals surface area contributed by atoms with Crippen LogP contribution in [0.3, 0.4) is 0 Å². The largest absolute Gasteiger partial charge is 0.493 e. The normalized spacial score (nSPS) is 18.4. The van der Waals surface area contributed by atoms with E-state index in [2.05, 4.69) is 4.74 Å². The number of amides is 1. The van der Waals surface area contributed by atoms with Gasteiger partial charge in [0, 0.05) is 24.7 Å². The van der Waals surface area contributed by atoms with Gasteiger partial charge < -0.3 is 20.1 Å². The molecule has 1 unspecified atom stereocenters. The van der Waals surface area contributed by atoms with Crippen molar-refractivity contribution in [2.75, 3.05) is 20.2 Å². The number of benzene rings is 1. The van der Waals surface area contributed by atoms with Crippen molar-refractivity contribution in [1.29, 1.82) is 0 Å². The third kappa shape index (κ3) is 3.65. The molecule has 1 aliphatic heterocycles. The number of methoxy groups -OCH3 is 1. The molecule has 1 aromatic carbocycles. The van der Waals surface area contributed by atoms with E-state index < -0.39 is 6.61 Å². The van der Waals surface area contributed by atoms with Crippen molar-refractivity contribution in [2.45, 2.75) is 31.9 Å². The molecule has 0 saturated carbocycles. The van der Waals surface area contributed by atoms with Gasteiger partial charge in [0.1, 0.15) is 0 Å². The van der Waals surface area contributed by atoms with Crippen molar-refractivity contribution in [3.63, 3.8) is 0 Å². The summed E-state index contributed by atoms with van der Waals surface area (Å²) >= 11 is 0. The molecular formula is C15H20F2N2O3. The lowest BCUT2D eigenvalue weighted by molar-refractivity contribution is -0.0512. The van der Waals surface area contributed by atoms with E-state index in [1.54, 1.807) is 4.90 Å². The molecule has 2 rings (SSSR count). The average molecular weight is 314 g/mol. The third-order valence-corrected chi connectivity index (χ3v) is 3.79. The quantitative estimate of drug-likeness (QED) is 0.905. The van der Waals surface area contributed by atoms with Crippen LogP contribution in [0.25, 0.3) is 0 Å². The molecule has 2 N–H and O–H groups in total. The van der Waals surface area contributed by atoms with E-state index in [-0.39, 0.29) is 23.4 Å². The monoisotopic (exact) mass is 314 g/mol. The predicted molar refractivity (Wildman–Crippen MR) is 77.4 cm³/mol. The van der Waals surface area contributed by atoms with Gasteiger partial charge in [0.15, 0.2) is 11.5 Å². The van der Waals surface area contributed by atoms with Crippen molar-refractivity contribution in [3.8, 4) is 11.5 Å². The Labute approximate surface area is 128 Å². The first-order valence-corrected chi connectivity index (χ1v) is 7.20. The zero-order chi connectivity index (χ0) is 16.1. The first-order valence-electron chi connectivity index (χ1n) is 7.20. The smallest absolute Gasteiger partial charge is 0.387 e. The van der Waals surface area contributed by atoms with Crippen LogP contribution in [0, 0.1) is 0 Å². The van der Waals surface area contributed by atoms with Gasteiger partial charge in [0.2, 0.25) is 0 Å². The lowest BCUT2D eigenvalue weighted by Gasteiger charge is -2.35. The molecule has 7 heteroatoms. The van der Waals surface area contributed by atoms with E-state index in [1.807, 2.05) is 0 Å². The zero-order valence-corrected chi connectivity index (χ0v) is 12.4. The number of nitrogens with two attached hydrogens (primary N) is 1. The molecular weight excluding hydrogens is 294 g/mol. The summed E-state index contributed by atoms with van der Waals surface area (Å²) in [6.07, 6.45) is 2.87. The van der Waals surface area contributed by atoms with Crippen molar-refractivity contribution in [3.05, 3.63) is 23.8 Å². The Kier molecular flexibility index (Phi) is 5.54. The minimum Gasteiger partial charge on any atom is -0.493 e. The minimum atomic E-state index is -2.95. The van der Waals surface area contributed by atoms with E-state index in [1.165, 1.54) is 25.3 Å². The van der Waals surface area contributed by atoms with Gasteiger partial charge in [0.05, 0.1) is 7.11 Å². The average Bonchev–Trinajstić information content (AvgIpc) is 2.54. The van der Waals surface area contributed by atoms with Crippen LogP contribution in [0.2, 0.25) is 0 Å². The van der Waals surface area contributed by atoms with Crippen LogP contribution in [0.5, 0.6) is 11.5 Å². The Morgan fingerprint density at radius 1 is 1.41 bits per heavy atom. The highest BCUT2D eigenvalue weighted by Crippen LogP contribution is 2.30. The van der Waals surface area contributed by atoms with Gasteiger partial charge in [-0.15, -0.1) is 0 Å². The molecule has 1 aromatic rings. The van der Waals surface area contributed by atoms with Crippen molar-refractivity contribution >= 4 is 5.91 Å². The van der Waals surface area contributed by atoms with Gasteiger partial charge in [-0.25, -0.2) is 0 Å². The molecule has 0 bridgehead atoms. The molecule has 1 amide bonds. The fourth-order valence-corrected chi connectivity index (χ4v) is 2.67. The molecule has 0 spiro atoms. The second-order valence-electron chi connectivity index (χ2n) is 5.13. The van der Waals surface area contributed by atoms with Gasteiger partial charge >= 0.3 is 6.61 Å². The summed E-state index contributed by atoms with van der Waals surface area (Å²) in [7, 11) is 1.34. The minimum absolute atomic E-state index is 0.0178. The summed E-state index contributed by atoms with van der Waals surface area (Å²) in [6.45, 7) is -1.88. The summed E-state index contributed by atoms with van der Waals surface area (Å²) in [5.41, 5.74) is 6.10. The Morgan fingerprint density at radius 2 is 2.18 bits per heavy atom. The van der Waals surface area contributed by atoms with Crippen LogP contribution in [0.15, 0.2) is 18.2 Å². The zero-order valence-electron chi connectivity index (χ0n) is 12.4. The number of ether oxygens (including phenoxy) is 2. The number of carbonyl (C=O) groups excluding carboxylic acids is 1. The maximum absolute atomic E-state index is 12.6. The number of likely N-dealkylation sites (tertiary alicyclic amines) is 1. The van der Waals surface area contributed by atoms with Crippen LogP contribution in [-0.4, -0.2) is 43.7 Å². The van der Waals surface area contributed by atoms with Gasteiger partial charge in [-0.3, -0.25) is 4.79 Å². The van der Waals surface area contributed by atoms with Crippen LogP contribution >= 0.6 is 0 Å². The van der Waals surface area contributed by atoms with Crippen LogP contribution in [0.4, 0.5) is 8.78 Å². The Morgan fingerprint density at radius 3 is 2.82 bits per heavy atom. The van der Waals surface area contributed by atoms with Gasteiger partial charge in [-0.05, 0) is 37.5 Å². The Bertz CT molecular complexity index is 526. The van der Waals surface area contributed by atoms with E-state index in [4.69, 9.17) is 10.5 Å². The number of piperidine rings is 1. The molecule has 1 saturated heterocycles. The fraction of sp³-hybridized carbons (Fsp3) is 0.533. The lowest BCUT2D eigenvalue weighted by atomic mass is 10.0. The van der Waals surface area contributed by atoms with Gasteiger partial charge in [-0.2, -0.15) is 8.78 Å². The van der Waals surface area contributed by atoms with Gasteiger partial charge in [-0.1, -0.05) is 0 Å². The topological polar surface area (TPSA) is 64.8 Å². The number of nitrogens with zero attached hydrogens (tertiary/aromatic N) is 1. The van der Waals surface area contributed by atoms with Crippen molar-refractivity contribution < 1.29 is 23.0 Å². The summed E-state index contributed by atoms with van der Waals surface area (Å²) in [5.74, 6) is -0.160. The number of alkyl halides is 2. The van der Waals surface area contributed by atoms with E-state index in [0.717, 1.165) is 19.3 Å². The molecule has 5 nitrogen and oxygen atoms in total. The second-order valence-corrected chi connectivity index (χ2v) is 5.13. The summed E-state index contributed by atoms with van der Waals surface area (Å²) < 4.78 is 34.0. The highest BCUT2D eigenvalue weighted by atomic mass is 19.3. The molecule has 1 atom stereocenters. The Balaban J connectivity index is 2.22. The van der Waals surface area contributed by atoms with Crippen molar-refractivity contribution in [1.82, 2.24) is 4.90 Å². The lowest BCUT2D eigenvalue weighted by Crippen LogP contribution is -2.47. The fourth-order valence-electron chi connectivity index (χ4n) is 2.67. The summed E-state index contributed by atoms with van der Waals surface area (Å²) in [4.78, 5) is 14.3. The number of halogens is 2. The molecule has 1 fully saturated rings. The molecule has 1 heterocycles. The highest BCUT2D eigenvalue weighted by molar-refractivity contribution is 5.95. The van der Waals surface area contributed by atoms with Gasteiger partial charge in [0.25, 0.3) is 5.91 Å². The third-order valence-electron chi connectivity index (χ3n) is 3.79. The summed E-state index contributed by atoms with van der Waals surface area (Å²) in [5, 5.41) is 0. The molecule has 0 aliphatic carbocycles. The first-order chi connectivity index (χ1) is 10.6. The number of carbonyl (C=O) groups is 1. The Hall–Kier alpha value is -1.89. The van der Waals surface area contributed by atoms with E-state index in [0.29, 0.717) is 18.7 Å². The van der Waals surface area contributed by atoms with E-state index in [9.17, 15) is 13.6 Å². The molecule has 22 heavy (non-hydrogen) atoms. The molecule has 122 valence electrons. The second kappa shape index (κ2) is 7.40. The standard InChI is InChI=1S/C15H20F2N2O3/c1-21-13-8-10(5-6-12(13)22-15(16)17)14(20)19-7-3-2-4-11(19)9-18/h5-6,8,11,15H,2-4,7,9,18H2,1H3. The van der Waals surface area contributed by atoms with Crippen LogP contribution in [0.1, 0.15) is 29.6 Å². The van der Waals surface area contributed by atoms with E-state index >= 15 is 0 Å². The highest BCUT2D eigenvalue weighted by Gasteiger charge is 2.27. The molecule has 0 radical (unpaired) electrons. The van der Waals surface area contributed by atoms with Crippen LogP contribution < -0.4 is 15.2 Å². The predicted octanol–water partition coefficient (Wildman–Crippen LogP) is 2.25. The maximum Gasteiger partial charge on any atom is 0.387 e.